The summed E-state index contributed by atoms with van der Waals surface area (Å²) in [4.78, 5) is 0. The number of halogens is 2. The van der Waals surface area contributed by atoms with Crippen LogP contribution in [0.15, 0.2) is 35.3 Å². The molecule has 0 fully saturated rings. The number of hydrogen-bond acceptors (Lipinski definition) is 1. The molecule has 0 aliphatic heterocycles. The lowest BCUT2D eigenvalue weighted by Crippen LogP contribution is -2.32. The van der Waals surface area contributed by atoms with Crippen LogP contribution in [-0.4, -0.2) is 13.1 Å². The lowest BCUT2D eigenvalue weighted by Gasteiger charge is -2.27. The van der Waals surface area contributed by atoms with Crippen molar-refractivity contribution in [3.05, 3.63) is 46.7 Å². The van der Waals surface area contributed by atoms with E-state index in [0.717, 1.165) is 36.0 Å². The van der Waals surface area contributed by atoms with E-state index in [0.29, 0.717) is 0 Å². The summed E-state index contributed by atoms with van der Waals surface area (Å²) in [6.07, 6.45) is 3.94. The average molecular weight is 314 g/mol. The second kappa shape index (κ2) is 7.05. The third-order valence-corrected chi connectivity index (χ3v) is 3.80. The minimum absolute atomic E-state index is 0.0183. The van der Waals surface area contributed by atoms with Crippen LogP contribution in [0.2, 0.25) is 0 Å². The second-order valence-electron chi connectivity index (χ2n) is 4.95. The molecule has 1 atom stereocenters. The van der Waals surface area contributed by atoms with Crippen LogP contribution in [0.4, 0.5) is 4.39 Å². The minimum Gasteiger partial charge on any atom is -0.316 e. The largest absolute Gasteiger partial charge is 0.316 e. The molecule has 1 unspecified atom stereocenters. The Bertz CT molecular complexity index is 405. The highest BCUT2D eigenvalue weighted by Crippen LogP contribution is 2.28. The van der Waals surface area contributed by atoms with Crippen molar-refractivity contribution in [2.24, 2.45) is 5.41 Å². The summed E-state index contributed by atoms with van der Waals surface area (Å²) in [6, 6.07) is 4.85. The predicted molar refractivity (Wildman–Crippen MR) is 79.3 cm³/mol. The van der Waals surface area contributed by atoms with E-state index in [1.165, 1.54) is 12.1 Å². The van der Waals surface area contributed by atoms with E-state index < -0.39 is 0 Å². The van der Waals surface area contributed by atoms with Gasteiger partial charge in [0.2, 0.25) is 0 Å². The highest BCUT2D eigenvalue weighted by molar-refractivity contribution is 9.10. The van der Waals surface area contributed by atoms with Crippen LogP contribution in [0.1, 0.15) is 25.8 Å². The lowest BCUT2D eigenvalue weighted by molar-refractivity contribution is 0.390. The quantitative estimate of drug-likeness (QED) is 0.584. The number of benzene rings is 1. The highest BCUT2D eigenvalue weighted by atomic mass is 79.9. The minimum atomic E-state index is -0.213. The van der Waals surface area contributed by atoms with E-state index in [2.05, 4.69) is 41.7 Å². The van der Waals surface area contributed by atoms with Gasteiger partial charge in [0, 0.05) is 16.4 Å². The van der Waals surface area contributed by atoms with Crippen LogP contribution in [-0.2, 0) is 6.42 Å². The number of nitrogens with one attached hydrogen (secondary N) is 1. The fourth-order valence-electron chi connectivity index (χ4n) is 1.86. The second-order valence-corrected chi connectivity index (χ2v) is 5.80. The molecule has 0 saturated carbocycles. The molecular formula is C15H21BrFN. The summed E-state index contributed by atoms with van der Waals surface area (Å²) in [5.74, 6) is -0.213. The molecule has 3 heteroatoms. The molecule has 0 heterocycles. The van der Waals surface area contributed by atoms with Crippen LogP contribution >= 0.6 is 15.9 Å². The molecule has 1 nitrogen and oxygen atoms in total. The van der Waals surface area contributed by atoms with Crippen LogP contribution in [0.3, 0.4) is 0 Å². The summed E-state index contributed by atoms with van der Waals surface area (Å²) in [5.41, 5.74) is 1.09. The molecule has 0 amide bonds. The van der Waals surface area contributed by atoms with Crippen LogP contribution < -0.4 is 5.32 Å². The smallest absolute Gasteiger partial charge is 0.124 e. The van der Waals surface area contributed by atoms with E-state index in [-0.39, 0.29) is 11.2 Å². The van der Waals surface area contributed by atoms with E-state index >= 15 is 0 Å². The standard InChI is InChI=1S/C15H21BrFN/c1-4-8-18-11-15(3,5-2)10-12-6-7-13(17)9-14(12)16/h5-7,9,18H,2,4,8,10-11H2,1,3H3. The molecule has 0 bridgehead atoms. The van der Waals surface area contributed by atoms with E-state index in [1.54, 1.807) is 0 Å². The molecule has 0 aromatic heterocycles. The van der Waals surface area contributed by atoms with Gasteiger partial charge < -0.3 is 5.32 Å². The summed E-state index contributed by atoms with van der Waals surface area (Å²) >= 11 is 3.42. The van der Waals surface area contributed by atoms with Gasteiger partial charge in [0.25, 0.3) is 0 Å². The van der Waals surface area contributed by atoms with Gasteiger partial charge in [-0.25, -0.2) is 4.39 Å². The number of hydrogen-bond donors (Lipinski definition) is 1. The molecule has 0 saturated heterocycles. The SMILES string of the molecule is C=CC(C)(CNCCC)Cc1ccc(F)cc1Br. The van der Waals surface area contributed by atoms with Crippen molar-refractivity contribution in [2.75, 3.05) is 13.1 Å². The van der Waals surface area contributed by atoms with Gasteiger partial charge in [0.05, 0.1) is 0 Å². The van der Waals surface area contributed by atoms with Gasteiger partial charge in [-0.15, -0.1) is 6.58 Å². The molecular weight excluding hydrogens is 293 g/mol. The summed E-state index contributed by atoms with van der Waals surface area (Å²) in [7, 11) is 0. The maximum Gasteiger partial charge on any atom is 0.124 e. The van der Waals surface area contributed by atoms with Gasteiger partial charge in [-0.05, 0) is 37.1 Å². The maximum absolute atomic E-state index is 13.0. The predicted octanol–water partition coefficient (Wildman–Crippen LogP) is 4.32. The molecule has 0 radical (unpaired) electrons. The van der Waals surface area contributed by atoms with Gasteiger partial charge in [-0.1, -0.05) is 41.9 Å². The molecule has 1 N–H and O–H groups in total. The lowest BCUT2D eigenvalue weighted by atomic mass is 9.83. The Hall–Kier alpha value is -0.670. The van der Waals surface area contributed by atoms with Crippen molar-refractivity contribution in [1.82, 2.24) is 5.32 Å². The van der Waals surface area contributed by atoms with Crippen LogP contribution in [0.5, 0.6) is 0 Å². The van der Waals surface area contributed by atoms with Gasteiger partial charge in [0.1, 0.15) is 5.82 Å². The van der Waals surface area contributed by atoms with E-state index in [4.69, 9.17) is 0 Å². The zero-order valence-corrected chi connectivity index (χ0v) is 12.7. The monoisotopic (exact) mass is 313 g/mol. The zero-order chi connectivity index (χ0) is 13.6. The van der Waals surface area contributed by atoms with Gasteiger partial charge >= 0.3 is 0 Å². The maximum atomic E-state index is 13.0. The summed E-state index contributed by atoms with van der Waals surface area (Å²) < 4.78 is 13.9. The molecule has 18 heavy (non-hydrogen) atoms. The number of rotatable bonds is 7. The zero-order valence-electron chi connectivity index (χ0n) is 11.1. The summed E-state index contributed by atoms with van der Waals surface area (Å²) in [6.45, 7) is 10.1. The average Bonchev–Trinajstić information content (AvgIpc) is 2.33. The van der Waals surface area contributed by atoms with Crippen molar-refractivity contribution in [2.45, 2.75) is 26.7 Å². The molecule has 0 aliphatic rings. The van der Waals surface area contributed by atoms with Crippen molar-refractivity contribution in [3.8, 4) is 0 Å². The Kier molecular flexibility index (Phi) is 6.03. The summed E-state index contributed by atoms with van der Waals surface area (Å²) in [5, 5.41) is 3.42. The molecule has 100 valence electrons. The first-order chi connectivity index (χ1) is 8.50. The van der Waals surface area contributed by atoms with Crippen LogP contribution in [0.25, 0.3) is 0 Å². The normalized spacial score (nSPS) is 14.2. The molecule has 0 aliphatic carbocycles. The fraction of sp³-hybridized carbons (Fsp3) is 0.467. The molecule has 1 aromatic carbocycles. The Balaban J connectivity index is 2.74. The van der Waals surface area contributed by atoms with Gasteiger partial charge in [-0.3, -0.25) is 0 Å². The Morgan fingerprint density at radius 2 is 2.22 bits per heavy atom. The van der Waals surface area contributed by atoms with E-state index in [9.17, 15) is 4.39 Å². The van der Waals surface area contributed by atoms with Crippen LogP contribution in [0, 0.1) is 11.2 Å². The molecule has 1 rings (SSSR count). The third kappa shape index (κ3) is 4.54. The van der Waals surface area contributed by atoms with E-state index in [1.807, 2.05) is 12.1 Å². The molecule has 1 aromatic rings. The first kappa shape index (κ1) is 15.4. The van der Waals surface area contributed by atoms with Crippen molar-refractivity contribution >= 4 is 15.9 Å². The fourth-order valence-corrected chi connectivity index (χ4v) is 2.35. The first-order valence-corrected chi connectivity index (χ1v) is 7.08. The van der Waals surface area contributed by atoms with Crippen molar-refractivity contribution in [3.63, 3.8) is 0 Å². The molecule has 0 spiro atoms. The highest BCUT2D eigenvalue weighted by Gasteiger charge is 2.21. The Labute approximate surface area is 118 Å². The Morgan fingerprint density at radius 3 is 2.78 bits per heavy atom. The van der Waals surface area contributed by atoms with Crippen molar-refractivity contribution in [1.29, 1.82) is 0 Å². The first-order valence-electron chi connectivity index (χ1n) is 6.29. The Morgan fingerprint density at radius 1 is 1.50 bits per heavy atom. The topological polar surface area (TPSA) is 12.0 Å². The third-order valence-electron chi connectivity index (χ3n) is 3.06. The van der Waals surface area contributed by atoms with Gasteiger partial charge in [-0.2, -0.15) is 0 Å². The van der Waals surface area contributed by atoms with Gasteiger partial charge in [0.15, 0.2) is 0 Å². The van der Waals surface area contributed by atoms with Crippen molar-refractivity contribution < 1.29 is 4.39 Å².